The van der Waals surface area contributed by atoms with Gasteiger partial charge in [0.05, 0.1) is 0 Å². The van der Waals surface area contributed by atoms with Crippen molar-refractivity contribution in [2.45, 2.75) is 17.9 Å². The van der Waals surface area contributed by atoms with E-state index in [1.54, 1.807) is 4.90 Å². The summed E-state index contributed by atoms with van der Waals surface area (Å²) in [6.45, 7) is 3.76. The number of nitrogens with one attached hydrogen (secondary N) is 1. The van der Waals surface area contributed by atoms with Crippen molar-refractivity contribution in [3.05, 3.63) is 29.6 Å². The third-order valence-electron chi connectivity index (χ3n) is 3.25. The quantitative estimate of drug-likeness (QED) is 0.813. The summed E-state index contributed by atoms with van der Waals surface area (Å²) in [4.78, 5) is 13.3. The Kier molecular flexibility index (Phi) is 5.68. The second-order valence-corrected chi connectivity index (χ2v) is 6.27. The summed E-state index contributed by atoms with van der Waals surface area (Å²) in [6.07, 6.45) is 0. The van der Waals surface area contributed by atoms with E-state index in [-0.39, 0.29) is 29.9 Å². The molecule has 0 spiro atoms. The van der Waals surface area contributed by atoms with Crippen molar-refractivity contribution in [2.75, 3.05) is 19.6 Å². The minimum atomic E-state index is -4.12. The molecule has 1 aromatic carbocycles. The Hall–Kier alpha value is -1.22. The fourth-order valence-electron chi connectivity index (χ4n) is 2.17. The monoisotopic (exact) mass is 337 g/mol. The minimum Gasteiger partial charge on any atom is -0.333 e. The zero-order valence-electron chi connectivity index (χ0n) is 11.4. The van der Waals surface area contributed by atoms with Gasteiger partial charge < -0.3 is 10.2 Å². The molecule has 1 aliphatic rings. The van der Waals surface area contributed by atoms with Crippen molar-refractivity contribution in [1.82, 2.24) is 10.2 Å². The molecular formula is C12H17ClFN3O3S. The average Bonchev–Trinajstić information content (AvgIpc) is 2.37. The van der Waals surface area contributed by atoms with Crippen LogP contribution in [-0.2, 0) is 10.0 Å². The predicted molar refractivity (Wildman–Crippen MR) is 78.4 cm³/mol. The van der Waals surface area contributed by atoms with Crippen LogP contribution in [0.1, 0.15) is 17.3 Å². The maximum atomic E-state index is 13.7. The number of carbonyl (C=O) groups excluding carboxylic acids is 1. The highest BCUT2D eigenvalue weighted by Gasteiger charge is 2.25. The van der Waals surface area contributed by atoms with E-state index in [4.69, 9.17) is 5.14 Å². The molecule has 1 amide bonds. The van der Waals surface area contributed by atoms with Gasteiger partial charge in [-0.2, -0.15) is 0 Å². The number of halogens is 2. The maximum Gasteiger partial charge on any atom is 0.254 e. The van der Waals surface area contributed by atoms with Gasteiger partial charge in [-0.25, -0.2) is 17.9 Å². The number of nitrogens with zero attached hydrogens (tertiary/aromatic N) is 1. The summed E-state index contributed by atoms with van der Waals surface area (Å²) in [5, 5.41) is 8.02. The van der Waals surface area contributed by atoms with Crippen molar-refractivity contribution in [2.24, 2.45) is 5.14 Å². The molecule has 1 saturated heterocycles. The van der Waals surface area contributed by atoms with Gasteiger partial charge in [-0.05, 0) is 25.1 Å². The lowest BCUT2D eigenvalue weighted by molar-refractivity contribution is 0.0655. The van der Waals surface area contributed by atoms with Gasteiger partial charge in [-0.3, -0.25) is 4.79 Å². The fourth-order valence-corrected chi connectivity index (χ4v) is 2.76. The first-order valence-electron chi connectivity index (χ1n) is 6.15. The first-order valence-corrected chi connectivity index (χ1v) is 7.69. The topological polar surface area (TPSA) is 92.5 Å². The molecule has 6 nitrogen and oxygen atoms in total. The molecule has 0 saturated carbocycles. The third-order valence-corrected chi connectivity index (χ3v) is 4.19. The van der Waals surface area contributed by atoms with E-state index in [0.717, 1.165) is 12.1 Å². The van der Waals surface area contributed by atoms with Gasteiger partial charge in [0.2, 0.25) is 10.0 Å². The predicted octanol–water partition coefficient (Wildman–Crippen LogP) is 0.329. The van der Waals surface area contributed by atoms with Crippen LogP contribution in [-0.4, -0.2) is 44.9 Å². The van der Waals surface area contributed by atoms with E-state index in [1.165, 1.54) is 6.07 Å². The van der Waals surface area contributed by atoms with E-state index >= 15 is 0 Å². The van der Waals surface area contributed by atoms with Crippen LogP contribution in [0.2, 0.25) is 0 Å². The van der Waals surface area contributed by atoms with Gasteiger partial charge >= 0.3 is 0 Å². The lowest BCUT2D eigenvalue weighted by atomic mass is 10.1. The summed E-state index contributed by atoms with van der Waals surface area (Å²) in [7, 11) is -4.12. The molecule has 0 unspecified atom stereocenters. The number of primary sulfonamides is 1. The van der Waals surface area contributed by atoms with Crippen molar-refractivity contribution >= 4 is 28.3 Å². The van der Waals surface area contributed by atoms with E-state index in [2.05, 4.69) is 5.32 Å². The summed E-state index contributed by atoms with van der Waals surface area (Å²) < 4.78 is 36.0. The van der Waals surface area contributed by atoms with Crippen molar-refractivity contribution < 1.29 is 17.6 Å². The fraction of sp³-hybridized carbons (Fsp3) is 0.417. The lowest BCUT2D eigenvalue weighted by Gasteiger charge is -2.34. The Morgan fingerprint density at radius 1 is 1.48 bits per heavy atom. The van der Waals surface area contributed by atoms with E-state index in [0.29, 0.717) is 19.6 Å². The molecule has 9 heteroatoms. The Bertz CT molecular complexity index is 639. The lowest BCUT2D eigenvalue weighted by Crippen LogP contribution is -2.52. The summed E-state index contributed by atoms with van der Waals surface area (Å²) in [6, 6.07) is 3.21. The molecule has 1 heterocycles. The molecule has 1 aliphatic heterocycles. The Morgan fingerprint density at radius 3 is 2.67 bits per heavy atom. The molecule has 1 atom stereocenters. The van der Waals surface area contributed by atoms with Gasteiger partial charge in [0.15, 0.2) is 0 Å². The van der Waals surface area contributed by atoms with Gasteiger partial charge in [-0.15, -0.1) is 12.4 Å². The number of carbonyl (C=O) groups is 1. The van der Waals surface area contributed by atoms with Gasteiger partial charge in [0.25, 0.3) is 5.91 Å². The first-order chi connectivity index (χ1) is 9.30. The number of amides is 1. The summed E-state index contributed by atoms with van der Waals surface area (Å²) in [5.74, 6) is -1.33. The second-order valence-electron chi connectivity index (χ2n) is 4.74. The molecule has 21 heavy (non-hydrogen) atoms. The molecule has 1 fully saturated rings. The first kappa shape index (κ1) is 17.8. The Labute approximate surface area is 129 Å². The Balaban J connectivity index is 0.00000220. The highest BCUT2D eigenvalue weighted by molar-refractivity contribution is 7.89. The van der Waals surface area contributed by atoms with Crippen molar-refractivity contribution in [3.8, 4) is 0 Å². The number of benzene rings is 1. The average molecular weight is 338 g/mol. The van der Waals surface area contributed by atoms with Crippen LogP contribution in [0.5, 0.6) is 0 Å². The van der Waals surface area contributed by atoms with Gasteiger partial charge in [-0.1, -0.05) is 0 Å². The normalized spacial score (nSPS) is 19.0. The SMILES string of the molecule is C[C@H]1CNCCN1C(=O)c1ccc(S(N)(=O)=O)c(F)c1.Cl. The molecule has 0 bridgehead atoms. The zero-order chi connectivity index (χ0) is 14.9. The van der Waals surface area contributed by atoms with Crippen LogP contribution in [0.3, 0.4) is 0 Å². The maximum absolute atomic E-state index is 13.7. The standard InChI is InChI=1S/C12H16FN3O3S.ClH/c1-8-7-15-4-5-16(8)12(17)9-2-3-11(10(13)6-9)20(14,18)19;/h2-3,6,8,15H,4-5,7H2,1H3,(H2,14,18,19);1H/t8-;/m0./s1. The number of piperazine rings is 1. The third kappa shape index (κ3) is 3.91. The van der Waals surface area contributed by atoms with Crippen molar-refractivity contribution in [1.29, 1.82) is 0 Å². The molecule has 118 valence electrons. The van der Waals surface area contributed by atoms with E-state index in [9.17, 15) is 17.6 Å². The number of nitrogens with two attached hydrogens (primary N) is 1. The van der Waals surface area contributed by atoms with Gasteiger partial charge in [0.1, 0.15) is 10.7 Å². The highest BCUT2D eigenvalue weighted by atomic mass is 35.5. The number of sulfonamides is 1. The molecule has 2 rings (SSSR count). The number of rotatable bonds is 2. The minimum absolute atomic E-state index is 0. The van der Waals surface area contributed by atoms with Crippen LogP contribution < -0.4 is 10.5 Å². The molecule has 1 aromatic rings. The Morgan fingerprint density at radius 2 is 2.14 bits per heavy atom. The summed E-state index contributed by atoms with van der Waals surface area (Å²) >= 11 is 0. The van der Waals surface area contributed by atoms with E-state index < -0.39 is 20.7 Å². The molecule has 3 N–H and O–H groups in total. The van der Waals surface area contributed by atoms with Crippen LogP contribution in [0.4, 0.5) is 4.39 Å². The largest absolute Gasteiger partial charge is 0.333 e. The molecule has 0 aromatic heterocycles. The van der Waals surface area contributed by atoms with Crippen LogP contribution in [0.15, 0.2) is 23.1 Å². The molecule has 0 aliphatic carbocycles. The van der Waals surface area contributed by atoms with Gasteiger partial charge in [0, 0.05) is 31.2 Å². The van der Waals surface area contributed by atoms with Crippen molar-refractivity contribution in [3.63, 3.8) is 0 Å². The van der Waals surface area contributed by atoms with Crippen LogP contribution >= 0.6 is 12.4 Å². The second kappa shape index (κ2) is 6.69. The number of hydrogen-bond donors (Lipinski definition) is 2. The zero-order valence-corrected chi connectivity index (χ0v) is 13.0. The summed E-state index contributed by atoms with van der Waals surface area (Å²) in [5.41, 5.74) is 0.114. The molecular weight excluding hydrogens is 321 g/mol. The highest BCUT2D eigenvalue weighted by Crippen LogP contribution is 2.17. The molecule has 0 radical (unpaired) electrons. The van der Waals surface area contributed by atoms with Crippen LogP contribution in [0.25, 0.3) is 0 Å². The smallest absolute Gasteiger partial charge is 0.254 e. The van der Waals surface area contributed by atoms with Crippen LogP contribution in [0, 0.1) is 5.82 Å². The number of hydrogen-bond acceptors (Lipinski definition) is 4. The van der Waals surface area contributed by atoms with E-state index in [1.807, 2.05) is 6.92 Å².